The molecule has 0 aromatic heterocycles. The molecular weight excluding hydrogens is 434 g/mol. The van der Waals surface area contributed by atoms with E-state index in [4.69, 9.17) is 16.2 Å². The van der Waals surface area contributed by atoms with Gasteiger partial charge in [-0.3, -0.25) is 0 Å². The lowest BCUT2D eigenvalue weighted by atomic mass is 9.98. The van der Waals surface area contributed by atoms with Crippen LogP contribution in [0.5, 0.6) is 11.5 Å². The van der Waals surface area contributed by atoms with Crippen molar-refractivity contribution in [3.8, 4) is 11.5 Å². The molecule has 0 saturated carbocycles. The highest BCUT2D eigenvalue weighted by atomic mass is 16.6. The molecule has 0 bridgehead atoms. The van der Waals surface area contributed by atoms with E-state index >= 15 is 0 Å². The zero-order valence-corrected chi connectivity index (χ0v) is 21.9. The lowest BCUT2D eigenvalue weighted by molar-refractivity contribution is 0.158. The van der Waals surface area contributed by atoms with E-state index in [0.29, 0.717) is 18.8 Å². The van der Waals surface area contributed by atoms with Gasteiger partial charge in [-0.15, -0.1) is 0 Å². The Hall–Kier alpha value is -2.56. The number of phenols is 2. The van der Waals surface area contributed by atoms with Crippen LogP contribution in [0.25, 0.3) is 0 Å². The van der Waals surface area contributed by atoms with E-state index < -0.39 is 6.17 Å². The van der Waals surface area contributed by atoms with Crippen molar-refractivity contribution >= 4 is 11.4 Å². The van der Waals surface area contributed by atoms with Gasteiger partial charge in [0.1, 0.15) is 17.7 Å². The molecule has 0 aliphatic heterocycles. The number of ether oxygens (including phenoxy) is 1. The molecule has 2 aromatic carbocycles. The number of hydrogen-bond acceptors (Lipinski definition) is 9. The summed E-state index contributed by atoms with van der Waals surface area (Å²) in [6.45, 7) is 14.7. The molecule has 1 unspecified atom stereocenters. The molecule has 0 aliphatic rings. The quantitative estimate of drug-likeness (QED) is 0.158. The number of anilines is 2. The molecule has 1 atom stereocenters. The minimum atomic E-state index is -0.593. The second-order valence-electron chi connectivity index (χ2n) is 7.09. The first kappa shape index (κ1) is 33.6. The Morgan fingerprint density at radius 3 is 1.88 bits per heavy atom. The van der Waals surface area contributed by atoms with Crippen LogP contribution >= 0.6 is 0 Å². The monoisotopic (exact) mass is 481 g/mol. The topological polar surface area (TPSA) is 161 Å². The molecule has 9 heteroatoms. The van der Waals surface area contributed by atoms with Crippen LogP contribution in [0.4, 0.5) is 11.4 Å². The zero-order valence-electron chi connectivity index (χ0n) is 21.9. The molecule has 0 amide bonds. The molecule has 0 fully saturated rings. The van der Waals surface area contributed by atoms with Crippen molar-refractivity contribution in [3.05, 3.63) is 47.5 Å². The highest BCUT2D eigenvalue weighted by Gasteiger charge is 2.16. The van der Waals surface area contributed by atoms with Crippen molar-refractivity contribution in [3.63, 3.8) is 0 Å². The molecule has 10 N–H and O–H groups in total. The maximum absolute atomic E-state index is 10.1. The van der Waals surface area contributed by atoms with Gasteiger partial charge in [0.2, 0.25) is 0 Å². The number of phenolic OH excluding ortho intramolecular Hbond substituents is 2. The van der Waals surface area contributed by atoms with E-state index in [1.54, 1.807) is 6.07 Å². The van der Waals surface area contributed by atoms with Gasteiger partial charge in [0.05, 0.1) is 13.7 Å². The summed E-state index contributed by atoms with van der Waals surface area (Å²) >= 11 is 0. The number of rotatable bonds is 9. The van der Waals surface area contributed by atoms with E-state index in [9.17, 15) is 10.2 Å². The molecule has 0 radical (unpaired) electrons. The van der Waals surface area contributed by atoms with Gasteiger partial charge in [0.25, 0.3) is 0 Å². The Kier molecular flexibility index (Phi) is 20.8. The van der Waals surface area contributed by atoms with E-state index in [0.717, 1.165) is 30.0 Å². The van der Waals surface area contributed by atoms with Gasteiger partial charge in [-0.2, -0.15) is 0 Å². The van der Waals surface area contributed by atoms with Crippen molar-refractivity contribution in [2.24, 2.45) is 17.4 Å². The number of hydrogen-bond donors (Lipinski definition) is 7. The number of aromatic hydroxyl groups is 2. The average molecular weight is 482 g/mol. The third-order valence-electron chi connectivity index (χ3n) is 4.12. The molecule has 9 nitrogen and oxygen atoms in total. The van der Waals surface area contributed by atoms with Crippen molar-refractivity contribution in [2.75, 3.05) is 44.0 Å². The molecular formula is C25H47N5O4. The van der Waals surface area contributed by atoms with Crippen LogP contribution in [0, 0.1) is 0 Å². The predicted octanol–water partition coefficient (Wildman–Crippen LogP) is 4.24. The standard InChI is InChI=1S/C20H29N3O3.C2H7N.C2H6.CH5NO/c1-4-26-10-9-22-14-5-7-15(8-6-14)23-20(21)17-11-16(13(2)3)18(24)12-19(17)25;1-2-3;1-2;1-3-2/h5-8,11-13,20,22-25H,4,9-10,21H2,1-3H3;2-3H2,1H3;1-2H3;2H2,1H3. The average Bonchev–Trinajstić information content (AvgIpc) is 2.80. The highest BCUT2D eigenvalue weighted by molar-refractivity contribution is 5.56. The molecule has 34 heavy (non-hydrogen) atoms. The van der Waals surface area contributed by atoms with Gasteiger partial charge in [-0.25, -0.2) is 5.90 Å². The summed E-state index contributed by atoms with van der Waals surface area (Å²) in [5.41, 5.74) is 14.2. The van der Waals surface area contributed by atoms with Gasteiger partial charge in [-0.05, 0) is 55.3 Å². The molecule has 2 aromatic rings. The Labute approximate surface area is 205 Å². The van der Waals surface area contributed by atoms with Gasteiger partial charge in [0.15, 0.2) is 0 Å². The van der Waals surface area contributed by atoms with Gasteiger partial charge >= 0.3 is 0 Å². The Bertz CT molecular complexity index is 741. The molecule has 2 rings (SSSR count). The summed E-state index contributed by atoms with van der Waals surface area (Å²) in [4.78, 5) is 3.75. The normalized spacial score (nSPS) is 10.6. The minimum absolute atomic E-state index is 0.0267. The first-order valence-corrected chi connectivity index (χ1v) is 11.7. The van der Waals surface area contributed by atoms with Crippen molar-refractivity contribution < 1.29 is 19.8 Å². The Morgan fingerprint density at radius 2 is 1.41 bits per heavy atom. The van der Waals surface area contributed by atoms with E-state index in [1.165, 1.54) is 13.2 Å². The summed E-state index contributed by atoms with van der Waals surface area (Å²) in [5, 5.41) is 26.5. The first-order chi connectivity index (χ1) is 16.2. The van der Waals surface area contributed by atoms with Gasteiger partial charge in [0, 0.05) is 36.2 Å². The Morgan fingerprint density at radius 1 is 0.941 bits per heavy atom. The number of benzene rings is 2. The SMILES string of the molecule is CC.CCN.CCOCCNc1ccc(NC(N)c2cc(C(C)C)c(O)cc2O)cc1.CON. The second-order valence-corrected chi connectivity index (χ2v) is 7.09. The third-order valence-corrected chi connectivity index (χ3v) is 4.12. The molecule has 0 saturated heterocycles. The van der Waals surface area contributed by atoms with Crippen LogP contribution in [-0.4, -0.2) is 43.6 Å². The molecule has 196 valence electrons. The van der Waals surface area contributed by atoms with Crippen LogP contribution in [0.1, 0.15) is 64.8 Å². The fourth-order valence-electron chi connectivity index (χ4n) is 2.68. The highest BCUT2D eigenvalue weighted by Crippen LogP contribution is 2.34. The first-order valence-electron chi connectivity index (χ1n) is 11.7. The maximum atomic E-state index is 10.1. The van der Waals surface area contributed by atoms with E-state index in [2.05, 4.69) is 21.4 Å². The van der Waals surface area contributed by atoms with Crippen molar-refractivity contribution in [1.82, 2.24) is 0 Å². The van der Waals surface area contributed by atoms with Crippen molar-refractivity contribution in [2.45, 2.75) is 53.6 Å². The Balaban J connectivity index is 0. The second kappa shape index (κ2) is 21.0. The van der Waals surface area contributed by atoms with E-state index in [-0.39, 0.29) is 17.4 Å². The van der Waals surface area contributed by atoms with Crippen LogP contribution in [-0.2, 0) is 9.57 Å². The summed E-state index contributed by atoms with van der Waals surface area (Å²) in [7, 11) is 1.40. The summed E-state index contributed by atoms with van der Waals surface area (Å²) in [6.07, 6.45) is -0.593. The largest absolute Gasteiger partial charge is 0.508 e. The summed E-state index contributed by atoms with van der Waals surface area (Å²) in [5.74, 6) is 4.53. The van der Waals surface area contributed by atoms with Crippen molar-refractivity contribution in [1.29, 1.82) is 0 Å². The minimum Gasteiger partial charge on any atom is -0.508 e. The fraction of sp³-hybridized carbons (Fsp3) is 0.520. The molecule has 0 aliphatic carbocycles. The fourth-order valence-corrected chi connectivity index (χ4v) is 2.68. The lowest BCUT2D eigenvalue weighted by Crippen LogP contribution is -2.20. The lowest BCUT2D eigenvalue weighted by Gasteiger charge is -2.20. The smallest absolute Gasteiger partial charge is 0.125 e. The summed E-state index contributed by atoms with van der Waals surface area (Å²) < 4.78 is 5.29. The van der Waals surface area contributed by atoms with Gasteiger partial charge < -0.3 is 41.9 Å². The number of nitrogens with one attached hydrogen (secondary N) is 2. The maximum Gasteiger partial charge on any atom is 0.125 e. The van der Waals surface area contributed by atoms with Crippen LogP contribution in [0.3, 0.4) is 0 Å². The molecule has 0 spiro atoms. The van der Waals surface area contributed by atoms with Gasteiger partial charge in [-0.1, -0.05) is 34.6 Å². The zero-order chi connectivity index (χ0) is 26.5. The number of nitrogens with two attached hydrogens (primary N) is 3. The van der Waals surface area contributed by atoms with Crippen LogP contribution in [0.2, 0.25) is 0 Å². The predicted molar refractivity (Wildman–Crippen MR) is 143 cm³/mol. The third kappa shape index (κ3) is 13.9. The molecule has 0 heterocycles. The van der Waals surface area contributed by atoms with Crippen LogP contribution < -0.4 is 28.0 Å². The van der Waals surface area contributed by atoms with E-state index in [1.807, 2.05) is 65.8 Å². The summed E-state index contributed by atoms with van der Waals surface area (Å²) in [6, 6.07) is 10.8. The van der Waals surface area contributed by atoms with Crippen LogP contribution in [0.15, 0.2) is 36.4 Å².